The highest BCUT2D eigenvalue weighted by atomic mass is 16.4. The summed E-state index contributed by atoms with van der Waals surface area (Å²) in [5, 5.41) is 14.4. The zero-order valence-electron chi connectivity index (χ0n) is 8.20. The third-order valence-corrected chi connectivity index (χ3v) is 1.97. The molecule has 0 aromatic heterocycles. The number of para-hydroxylation sites is 1. The first kappa shape index (κ1) is 10.4. The van der Waals surface area contributed by atoms with Crippen LogP contribution in [-0.2, 0) is 0 Å². The maximum atomic E-state index is 8.32. The second-order valence-electron chi connectivity index (χ2n) is 3.08. The molecule has 0 unspecified atom stereocenters. The van der Waals surface area contributed by atoms with Crippen LogP contribution in [0.4, 0.5) is 5.69 Å². The van der Waals surface area contributed by atoms with Gasteiger partial charge in [-0.25, -0.2) is 0 Å². The van der Waals surface area contributed by atoms with Crippen LogP contribution >= 0.6 is 0 Å². The van der Waals surface area contributed by atoms with E-state index < -0.39 is 0 Å². The lowest BCUT2D eigenvalue weighted by molar-refractivity contribution is 0.317. The molecule has 0 aliphatic carbocycles. The Kier molecular flexibility index (Phi) is 3.79. The predicted molar refractivity (Wildman–Crippen MR) is 57.7 cm³/mol. The lowest BCUT2D eigenvalue weighted by Gasteiger charge is -2.07. The van der Waals surface area contributed by atoms with Crippen molar-refractivity contribution < 1.29 is 5.21 Å². The molecule has 4 heteroatoms. The minimum absolute atomic E-state index is 0.242. The van der Waals surface area contributed by atoms with Crippen molar-refractivity contribution in [2.45, 2.75) is 13.3 Å². The van der Waals surface area contributed by atoms with E-state index in [2.05, 4.69) is 10.5 Å². The fourth-order valence-electron chi connectivity index (χ4n) is 1.15. The molecule has 0 saturated carbocycles. The zero-order valence-corrected chi connectivity index (χ0v) is 8.20. The number of anilines is 1. The Labute approximate surface area is 83.4 Å². The van der Waals surface area contributed by atoms with Crippen molar-refractivity contribution in [1.29, 1.82) is 0 Å². The van der Waals surface area contributed by atoms with E-state index >= 15 is 0 Å². The van der Waals surface area contributed by atoms with Gasteiger partial charge in [-0.3, -0.25) is 0 Å². The summed E-state index contributed by atoms with van der Waals surface area (Å²) in [6.07, 6.45) is 0.533. The first-order valence-electron chi connectivity index (χ1n) is 4.50. The highest BCUT2D eigenvalue weighted by molar-refractivity contribution is 5.80. The molecule has 4 N–H and O–H groups in total. The molecular weight excluding hydrogens is 178 g/mol. The number of nitrogens with zero attached hydrogens (tertiary/aromatic N) is 1. The van der Waals surface area contributed by atoms with E-state index in [1.54, 1.807) is 0 Å². The van der Waals surface area contributed by atoms with Crippen molar-refractivity contribution in [2.75, 3.05) is 11.9 Å². The summed E-state index contributed by atoms with van der Waals surface area (Å²) in [7, 11) is 0. The molecule has 4 nitrogen and oxygen atoms in total. The standard InChI is InChI=1S/C10H15N3O/c1-8-4-2-3-5-9(8)12-7-6-10(11)13-14/h2-5,12,14H,6-7H2,1H3,(H2,11,13). The van der Waals surface area contributed by atoms with Crippen molar-refractivity contribution in [3.05, 3.63) is 29.8 Å². The molecule has 76 valence electrons. The SMILES string of the molecule is Cc1ccccc1NCCC(N)=NO. The molecule has 0 saturated heterocycles. The molecule has 0 aliphatic rings. The topological polar surface area (TPSA) is 70.6 Å². The Morgan fingerprint density at radius 3 is 2.86 bits per heavy atom. The summed E-state index contributed by atoms with van der Waals surface area (Å²) >= 11 is 0. The molecule has 0 bridgehead atoms. The van der Waals surface area contributed by atoms with Crippen molar-refractivity contribution in [3.8, 4) is 0 Å². The van der Waals surface area contributed by atoms with Gasteiger partial charge in [0.2, 0.25) is 0 Å². The summed E-state index contributed by atoms with van der Waals surface area (Å²) in [6.45, 7) is 2.70. The van der Waals surface area contributed by atoms with Gasteiger partial charge in [0.1, 0.15) is 5.84 Å². The molecule has 0 heterocycles. The molecule has 1 rings (SSSR count). The van der Waals surface area contributed by atoms with E-state index in [9.17, 15) is 0 Å². The molecule has 0 aliphatic heterocycles. The van der Waals surface area contributed by atoms with Crippen LogP contribution in [-0.4, -0.2) is 17.6 Å². The largest absolute Gasteiger partial charge is 0.409 e. The molecule has 14 heavy (non-hydrogen) atoms. The Hall–Kier alpha value is -1.71. The first-order valence-corrected chi connectivity index (χ1v) is 4.50. The van der Waals surface area contributed by atoms with Gasteiger partial charge < -0.3 is 16.3 Å². The summed E-state index contributed by atoms with van der Waals surface area (Å²) in [5.41, 5.74) is 7.60. The predicted octanol–water partition coefficient (Wildman–Crippen LogP) is 1.54. The van der Waals surface area contributed by atoms with E-state index in [0.29, 0.717) is 13.0 Å². The normalized spacial score (nSPS) is 11.4. The quantitative estimate of drug-likeness (QED) is 0.294. The number of nitrogens with one attached hydrogen (secondary N) is 1. The first-order chi connectivity index (χ1) is 6.74. The lowest BCUT2D eigenvalue weighted by Crippen LogP contribution is -2.16. The summed E-state index contributed by atoms with van der Waals surface area (Å²) in [6, 6.07) is 8.00. The highest BCUT2D eigenvalue weighted by Gasteiger charge is 1.96. The van der Waals surface area contributed by atoms with Crippen molar-refractivity contribution in [1.82, 2.24) is 0 Å². The van der Waals surface area contributed by atoms with Gasteiger partial charge in [0.25, 0.3) is 0 Å². The Bertz CT molecular complexity index is 323. The fraction of sp³-hybridized carbons (Fsp3) is 0.300. The monoisotopic (exact) mass is 193 g/mol. The van der Waals surface area contributed by atoms with Gasteiger partial charge in [-0.15, -0.1) is 0 Å². The number of hydrogen-bond acceptors (Lipinski definition) is 3. The third-order valence-electron chi connectivity index (χ3n) is 1.97. The van der Waals surface area contributed by atoms with E-state index in [0.717, 1.165) is 5.69 Å². The number of hydrogen-bond donors (Lipinski definition) is 3. The molecule has 1 aromatic carbocycles. The van der Waals surface area contributed by atoms with E-state index in [1.165, 1.54) is 5.56 Å². The molecule has 0 atom stereocenters. The lowest BCUT2D eigenvalue weighted by atomic mass is 10.2. The smallest absolute Gasteiger partial charge is 0.140 e. The summed E-state index contributed by atoms with van der Waals surface area (Å²) in [5.74, 6) is 0.242. The molecule has 0 radical (unpaired) electrons. The number of nitrogens with two attached hydrogens (primary N) is 1. The average molecular weight is 193 g/mol. The van der Waals surface area contributed by atoms with Gasteiger partial charge in [0, 0.05) is 18.7 Å². The van der Waals surface area contributed by atoms with E-state index in [4.69, 9.17) is 10.9 Å². The average Bonchev–Trinajstić information content (AvgIpc) is 2.20. The van der Waals surface area contributed by atoms with Gasteiger partial charge >= 0.3 is 0 Å². The van der Waals surface area contributed by atoms with E-state index in [-0.39, 0.29) is 5.84 Å². The second kappa shape index (κ2) is 5.11. The van der Waals surface area contributed by atoms with Gasteiger partial charge in [-0.05, 0) is 18.6 Å². The Morgan fingerprint density at radius 1 is 1.50 bits per heavy atom. The van der Waals surface area contributed by atoms with Gasteiger partial charge in [0.05, 0.1) is 0 Å². The molecule has 0 amide bonds. The van der Waals surface area contributed by atoms with Crippen LogP contribution in [0.1, 0.15) is 12.0 Å². The van der Waals surface area contributed by atoms with Crippen LogP contribution in [0.25, 0.3) is 0 Å². The van der Waals surface area contributed by atoms with Crippen LogP contribution in [0.3, 0.4) is 0 Å². The molecule has 0 fully saturated rings. The number of benzene rings is 1. The molecule has 1 aromatic rings. The summed E-state index contributed by atoms with van der Waals surface area (Å²) in [4.78, 5) is 0. The summed E-state index contributed by atoms with van der Waals surface area (Å²) < 4.78 is 0. The second-order valence-corrected chi connectivity index (χ2v) is 3.08. The Morgan fingerprint density at radius 2 is 2.21 bits per heavy atom. The van der Waals surface area contributed by atoms with Crippen LogP contribution in [0.5, 0.6) is 0 Å². The van der Waals surface area contributed by atoms with Crippen LogP contribution in [0.2, 0.25) is 0 Å². The maximum Gasteiger partial charge on any atom is 0.140 e. The van der Waals surface area contributed by atoms with Crippen LogP contribution in [0.15, 0.2) is 29.4 Å². The van der Waals surface area contributed by atoms with Gasteiger partial charge in [-0.2, -0.15) is 0 Å². The van der Waals surface area contributed by atoms with Crippen LogP contribution in [0, 0.1) is 6.92 Å². The number of oxime groups is 1. The van der Waals surface area contributed by atoms with Crippen molar-refractivity contribution in [2.24, 2.45) is 10.9 Å². The maximum absolute atomic E-state index is 8.32. The van der Waals surface area contributed by atoms with Gasteiger partial charge in [-0.1, -0.05) is 23.4 Å². The molecular formula is C10H15N3O. The van der Waals surface area contributed by atoms with Crippen LogP contribution < -0.4 is 11.1 Å². The van der Waals surface area contributed by atoms with Crippen molar-refractivity contribution in [3.63, 3.8) is 0 Å². The minimum atomic E-state index is 0.242. The fourth-order valence-corrected chi connectivity index (χ4v) is 1.15. The molecule has 0 spiro atoms. The minimum Gasteiger partial charge on any atom is -0.409 e. The number of amidine groups is 1. The number of aryl methyl sites for hydroxylation is 1. The Balaban J connectivity index is 2.43. The number of rotatable bonds is 4. The van der Waals surface area contributed by atoms with Crippen molar-refractivity contribution >= 4 is 11.5 Å². The highest BCUT2D eigenvalue weighted by Crippen LogP contribution is 2.12. The third kappa shape index (κ3) is 2.97. The van der Waals surface area contributed by atoms with E-state index in [1.807, 2.05) is 31.2 Å². The van der Waals surface area contributed by atoms with Gasteiger partial charge in [0.15, 0.2) is 0 Å². The zero-order chi connectivity index (χ0) is 10.4.